The van der Waals surface area contributed by atoms with Gasteiger partial charge in [0, 0.05) is 0 Å². The predicted molar refractivity (Wildman–Crippen MR) is 69.3 cm³/mol. The average molecular weight is 244 g/mol. The van der Waals surface area contributed by atoms with E-state index in [2.05, 4.69) is 0 Å². The Labute approximate surface area is 106 Å². The van der Waals surface area contributed by atoms with Crippen LogP contribution in [0.4, 0.5) is 0 Å². The second kappa shape index (κ2) is 6.19. The van der Waals surface area contributed by atoms with Gasteiger partial charge in [-0.1, -0.05) is 48.5 Å². The molecule has 0 spiro atoms. The van der Waals surface area contributed by atoms with E-state index in [-0.39, 0.29) is 6.61 Å². The molecule has 2 unspecified atom stereocenters. The van der Waals surface area contributed by atoms with Gasteiger partial charge < -0.3 is 14.9 Å². The summed E-state index contributed by atoms with van der Waals surface area (Å²) in [6.45, 7) is -0.341. The van der Waals surface area contributed by atoms with Gasteiger partial charge in [-0.15, -0.1) is 0 Å². The number of aliphatic hydroxyl groups is 2. The van der Waals surface area contributed by atoms with Crippen LogP contribution in [0.3, 0.4) is 0 Å². The lowest BCUT2D eigenvalue weighted by molar-refractivity contribution is -0.00189. The Balaban J connectivity index is 2.21. The van der Waals surface area contributed by atoms with Crippen LogP contribution in [0.5, 0.6) is 5.75 Å². The zero-order chi connectivity index (χ0) is 12.8. The molecule has 2 aromatic rings. The second-order valence-corrected chi connectivity index (χ2v) is 4.01. The zero-order valence-electron chi connectivity index (χ0n) is 9.94. The van der Waals surface area contributed by atoms with Crippen molar-refractivity contribution < 1.29 is 14.9 Å². The van der Waals surface area contributed by atoms with Gasteiger partial charge in [0.05, 0.1) is 6.61 Å². The van der Waals surface area contributed by atoms with Gasteiger partial charge in [0.1, 0.15) is 11.9 Å². The molecule has 0 radical (unpaired) electrons. The van der Waals surface area contributed by atoms with E-state index in [0.717, 1.165) is 5.56 Å². The quantitative estimate of drug-likeness (QED) is 0.847. The first-order chi connectivity index (χ1) is 8.81. The van der Waals surface area contributed by atoms with Crippen molar-refractivity contribution in [3.05, 3.63) is 66.2 Å². The van der Waals surface area contributed by atoms with Gasteiger partial charge in [-0.2, -0.15) is 0 Å². The monoisotopic (exact) mass is 244 g/mol. The summed E-state index contributed by atoms with van der Waals surface area (Å²) in [5.74, 6) is 0.666. The molecule has 0 aliphatic rings. The Morgan fingerprint density at radius 1 is 0.889 bits per heavy atom. The fourth-order valence-electron chi connectivity index (χ4n) is 1.75. The summed E-state index contributed by atoms with van der Waals surface area (Å²) in [5, 5.41) is 19.0. The number of rotatable bonds is 5. The summed E-state index contributed by atoms with van der Waals surface area (Å²) in [5.41, 5.74) is 0.836. The summed E-state index contributed by atoms with van der Waals surface area (Å²) >= 11 is 0. The molecule has 3 nitrogen and oxygen atoms in total. The third-order valence-electron chi connectivity index (χ3n) is 2.67. The summed E-state index contributed by atoms with van der Waals surface area (Å²) in [4.78, 5) is 0. The molecule has 0 bridgehead atoms. The van der Waals surface area contributed by atoms with Crippen LogP contribution in [0.2, 0.25) is 0 Å². The molecule has 2 aromatic carbocycles. The predicted octanol–water partition coefficient (Wildman–Crippen LogP) is 2.16. The van der Waals surface area contributed by atoms with Gasteiger partial charge in [-0.25, -0.2) is 0 Å². The number of benzene rings is 2. The molecule has 0 fully saturated rings. The smallest absolute Gasteiger partial charge is 0.152 e. The van der Waals surface area contributed by atoms with E-state index in [9.17, 15) is 5.11 Å². The van der Waals surface area contributed by atoms with Crippen molar-refractivity contribution in [1.29, 1.82) is 0 Å². The van der Waals surface area contributed by atoms with Gasteiger partial charge in [0.25, 0.3) is 0 Å². The van der Waals surface area contributed by atoms with Crippen LogP contribution in [-0.2, 0) is 0 Å². The lowest BCUT2D eigenvalue weighted by Gasteiger charge is -2.23. The van der Waals surface area contributed by atoms with Gasteiger partial charge in [0.15, 0.2) is 6.10 Å². The van der Waals surface area contributed by atoms with E-state index >= 15 is 0 Å². The minimum absolute atomic E-state index is 0.341. The number of hydrogen-bond donors (Lipinski definition) is 2. The maximum atomic E-state index is 9.86. The van der Waals surface area contributed by atoms with Crippen molar-refractivity contribution in [2.24, 2.45) is 0 Å². The van der Waals surface area contributed by atoms with Crippen molar-refractivity contribution >= 4 is 0 Å². The third-order valence-corrected chi connectivity index (χ3v) is 2.67. The van der Waals surface area contributed by atoms with Crippen molar-refractivity contribution in [2.45, 2.75) is 12.2 Å². The van der Waals surface area contributed by atoms with Crippen LogP contribution in [0.15, 0.2) is 60.7 Å². The lowest BCUT2D eigenvalue weighted by Crippen LogP contribution is -2.27. The van der Waals surface area contributed by atoms with Crippen LogP contribution in [0.1, 0.15) is 11.7 Å². The van der Waals surface area contributed by atoms with Crippen molar-refractivity contribution in [3.8, 4) is 5.75 Å². The normalized spacial score (nSPS) is 13.9. The molecule has 18 heavy (non-hydrogen) atoms. The van der Waals surface area contributed by atoms with E-state index in [1.165, 1.54) is 0 Å². The Kier molecular flexibility index (Phi) is 4.34. The first-order valence-corrected chi connectivity index (χ1v) is 5.87. The molecule has 0 amide bonds. The van der Waals surface area contributed by atoms with Crippen molar-refractivity contribution in [1.82, 2.24) is 0 Å². The maximum absolute atomic E-state index is 9.86. The minimum Gasteiger partial charge on any atom is -0.483 e. The average Bonchev–Trinajstić information content (AvgIpc) is 2.46. The van der Waals surface area contributed by atoms with E-state index in [4.69, 9.17) is 9.84 Å². The molecule has 0 heterocycles. The molecular weight excluding hydrogens is 228 g/mol. The van der Waals surface area contributed by atoms with Gasteiger partial charge in [0.2, 0.25) is 0 Å². The van der Waals surface area contributed by atoms with Crippen LogP contribution in [0, 0.1) is 0 Å². The molecule has 0 aromatic heterocycles. The fraction of sp³-hybridized carbons (Fsp3) is 0.200. The van der Waals surface area contributed by atoms with E-state index in [0.29, 0.717) is 5.75 Å². The maximum Gasteiger partial charge on any atom is 0.152 e. The highest BCUT2D eigenvalue weighted by Gasteiger charge is 2.22. The number of ether oxygens (including phenoxy) is 1. The molecule has 0 aliphatic heterocycles. The molecule has 2 atom stereocenters. The molecule has 0 aliphatic carbocycles. The first-order valence-electron chi connectivity index (χ1n) is 5.87. The SMILES string of the molecule is OCC(O)C(Oc1ccccc1)c1ccccc1. The molecule has 0 saturated heterocycles. The Bertz CT molecular complexity index is 456. The fourth-order valence-corrected chi connectivity index (χ4v) is 1.75. The number of aliphatic hydroxyl groups excluding tert-OH is 2. The Morgan fingerprint density at radius 2 is 1.44 bits per heavy atom. The number of para-hydroxylation sites is 1. The standard InChI is InChI=1S/C15H16O3/c16-11-14(17)15(12-7-3-1-4-8-12)18-13-9-5-2-6-10-13/h1-10,14-17H,11H2. The van der Waals surface area contributed by atoms with Crippen LogP contribution >= 0.6 is 0 Å². The highest BCUT2D eigenvalue weighted by Crippen LogP contribution is 2.24. The largest absolute Gasteiger partial charge is 0.483 e. The Morgan fingerprint density at radius 3 is 2.00 bits per heavy atom. The lowest BCUT2D eigenvalue weighted by atomic mass is 10.0. The highest BCUT2D eigenvalue weighted by atomic mass is 16.5. The molecule has 94 valence electrons. The molecule has 3 heteroatoms. The summed E-state index contributed by atoms with van der Waals surface area (Å²) in [6.07, 6.45) is -1.52. The van der Waals surface area contributed by atoms with E-state index < -0.39 is 12.2 Å². The summed E-state index contributed by atoms with van der Waals surface area (Å²) in [6, 6.07) is 18.6. The van der Waals surface area contributed by atoms with E-state index in [1.54, 1.807) is 0 Å². The topological polar surface area (TPSA) is 49.7 Å². The first kappa shape index (κ1) is 12.6. The molecule has 2 N–H and O–H groups in total. The van der Waals surface area contributed by atoms with Crippen molar-refractivity contribution in [3.63, 3.8) is 0 Å². The number of hydrogen-bond acceptors (Lipinski definition) is 3. The molecule has 0 saturated carbocycles. The van der Waals surface area contributed by atoms with Crippen LogP contribution in [-0.4, -0.2) is 22.9 Å². The molecular formula is C15H16O3. The van der Waals surface area contributed by atoms with Crippen molar-refractivity contribution in [2.75, 3.05) is 6.61 Å². The zero-order valence-corrected chi connectivity index (χ0v) is 9.94. The molecule has 2 rings (SSSR count). The van der Waals surface area contributed by atoms with Crippen LogP contribution < -0.4 is 4.74 Å². The third kappa shape index (κ3) is 3.09. The van der Waals surface area contributed by atoms with Crippen LogP contribution in [0.25, 0.3) is 0 Å². The van der Waals surface area contributed by atoms with Gasteiger partial charge in [-0.3, -0.25) is 0 Å². The highest BCUT2D eigenvalue weighted by molar-refractivity contribution is 5.25. The summed E-state index contributed by atoms with van der Waals surface area (Å²) < 4.78 is 5.74. The Hall–Kier alpha value is -1.84. The van der Waals surface area contributed by atoms with Gasteiger partial charge >= 0.3 is 0 Å². The minimum atomic E-state index is -0.951. The van der Waals surface area contributed by atoms with Gasteiger partial charge in [-0.05, 0) is 17.7 Å². The second-order valence-electron chi connectivity index (χ2n) is 4.01. The van der Waals surface area contributed by atoms with E-state index in [1.807, 2.05) is 60.7 Å². The summed E-state index contributed by atoms with van der Waals surface area (Å²) in [7, 11) is 0.